The molecule has 4 nitrogen and oxygen atoms in total. The largest absolute Gasteiger partial charge is 0.354 e. The first-order valence-corrected chi connectivity index (χ1v) is 8.64. The van der Waals surface area contributed by atoms with Gasteiger partial charge in [-0.25, -0.2) is 9.97 Å². The van der Waals surface area contributed by atoms with Crippen molar-refractivity contribution < 1.29 is 0 Å². The number of hydrogen-bond acceptors (Lipinski definition) is 4. The minimum atomic E-state index is 0.255. The molecule has 23 heavy (non-hydrogen) atoms. The van der Waals surface area contributed by atoms with Crippen LogP contribution in [0.25, 0.3) is 10.9 Å². The van der Waals surface area contributed by atoms with E-state index in [9.17, 15) is 0 Å². The number of nitrogens with zero attached hydrogens (tertiary/aromatic N) is 3. The van der Waals surface area contributed by atoms with Gasteiger partial charge in [0.1, 0.15) is 11.6 Å². The first-order chi connectivity index (χ1) is 11.2. The van der Waals surface area contributed by atoms with Crippen LogP contribution in [-0.4, -0.2) is 29.1 Å². The molecule has 1 aliphatic carbocycles. The van der Waals surface area contributed by atoms with E-state index in [0.717, 1.165) is 61.3 Å². The zero-order valence-corrected chi connectivity index (χ0v) is 13.7. The molecule has 0 saturated carbocycles. The molecule has 2 aliphatic rings. The van der Waals surface area contributed by atoms with Gasteiger partial charge in [0, 0.05) is 30.4 Å². The Morgan fingerprint density at radius 3 is 2.83 bits per heavy atom. The SMILES string of the molecule is Cc1ccc2nc(C3CC=CCC3)nc(N3CC[C@H](N)C3)c2c1. The molecule has 4 rings (SSSR count). The molecule has 1 aliphatic heterocycles. The van der Waals surface area contributed by atoms with Gasteiger partial charge in [-0.3, -0.25) is 0 Å². The molecule has 2 atom stereocenters. The van der Waals surface area contributed by atoms with Gasteiger partial charge in [-0.15, -0.1) is 0 Å². The van der Waals surface area contributed by atoms with E-state index in [2.05, 4.69) is 42.2 Å². The Morgan fingerprint density at radius 2 is 2.09 bits per heavy atom. The second-order valence-corrected chi connectivity index (χ2v) is 6.90. The Hall–Kier alpha value is -1.94. The summed E-state index contributed by atoms with van der Waals surface area (Å²) in [6.45, 7) is 4.01. The predicted octanol–water partition coefficient (Wildman–Crippen LogP) is 3.30. The van der Waals surface area contributed by atoms with Crippen molar-refractivity contribution in [3.63, 3.8) is 0 Å². The summed E-state index contributed by atoms with van der Waals surface area (Å²) in [4.78, 5) is 12.2. The lowest BCUT2D eigenvalue weighted by Gasteiger charge is -2.23. The highest BCUT2D eigenvalue weighted by Gasteiger charge is 2.25. The molecule has 1 aromatic carbocycles. The number of nitrogens with two attached hydrogens (primary N) is 1. The topological polar surface area (TPSA) is 55.0 Å². The van der Waals surface area contributed by atoms with E-state index in [1.165, 1.54) is 5.56 Å². The van der Waals surface area contributed by atoms with Crippen LogP contribution in [0.1, 0.15) is 43.0 Å². The zero-order chi connectivity index (χ0) is 15.8. The minimum Gasteiger partial charge on any atom is -0.354 e. The summed E-state index contributed by atoms with van der Waals surface area (Å²) in [6.07, 6.45) is 8.90. The Balaban J connectivity index is 1.83. The van der Waals surface area contributed by atoms with Gasteiger partial charge >= 0.3 is 0 Å². The molecule has 0 spiro atoms. The van der Waals surface area contributed by atoms with Gasteiger partial charge < -0.3 is 10.6 Å². The van der Waals surface area contributed by atoms with Gasteiger partial charge in [-0.05, 0) is 44.7 Å². The third-order valence-electron chi connectivity index (χ3n) is 5.01. The highest BCUT2D eigenvalue weighted by atomic mass is 15.2. The smallest absolute Gasteiger partial charge is 0.140 e. The number of anilines is 1. The maximum atomic E-state index is 6.12. The molecule has 0 radical (unpaired) electrons. The monoisotopic (exact) mass is 308 g/mol. The molecule has 1 unspecified atom stereocenters. The van der Waals surface area contributed by atoms with Crippen LogP contribution in [0, 0.1) is 6.92 Å². The highest BCUT2D eigenvalue weighted by Crippen LogP contribution is 2.32. The third-order valence-corrected chi connectivity index (χ3v) is 5.01. The van der Waals surface area contributed by atoms with E-state index in [1.807, 2.05) is 0 Å². The summed E-state index contributed by atoms with van der Waals surface area (Å²) in [5.74, 6) is 2.53. The van der Waals surface area contributed by atoms with E-state index in [-0.39, 0.29) is 6.04 Å². The first kappa shape index (κ1) is 14.6. The number of allylic oxidation sites excluding steroid dienone is 2. The van der Waals surface area contributed by atoms with Gasteiger partial charge in [0.15, 0.2) is 0 Å². The van der Waals surface area contributed by atoms with Crippen LogP contribution in [0.4, 0.5) is 5.82 Å². The second kappa shape index (κ2) is 5.93. The molecule has 2 N–H and O–H groups in total. The van der Waals surface area contributed by atoms with Crippen LogP contribution < -0.4 is 10.6 Å². The fraction of sp³-hybridized carbons (Fsp3) is 0.474. The Bertz CT molecular complexity index is 752. The number of rotatable bonds is 2. The summed E-state index contributed by atoms with van der Waals surface area (Å²) in [7, 11) is 0. The maximum Gasteiger partial charge on any atom is 0.140 e. The Kier molecular flexibility index (Phi) is 3.77. The van der Waals surface area contributed by atoms with Gasteiger partial charge in [0.05, 0.1) is 5.52 Å². The molecule has 2 heterocycles. The third kappa shape index (κ3) is 2.83. The van der Waals surface area contributed by atoms with Crippen LogP contribution in [0.3, 0.4) is 0 Å². The van der Waals surface area contributed by atoms with Gasteiger partial charge in [0.2, 0.25) is 0 Å². The molecule has 1 fully saturated rings. The molecule has 2 aromatic rings. The lowest BCUT2D eigenvalue weighted by Crippen LogP contribution is -2.27. The van der Waals surface area contributed by atoms with Crippen molar-refractivity contribution in [3.05, 3.63) is 41.7 Å². The van der Waals surface area contributed by atoms with Crippen LogP contribution in [0.15, 0.2) is 30.4 Å². The lowest BCUT2D eigenvalue weighted by atomic mass is 9.93. The lowest BCUT2D eigenvalue weighted by molar-refractivity contribution is 0.584. The van der Waals surface area contributed by atoms with Crippen molar-refractivity contribution in [3.8, 4) is 0 Å². The van der Waals surface area contributed by atoms with Crippen LogP contribution >= 0.6 is 0 Å². The zero-order valence-electron chi connectivity index (χ0n) is 13.7. The quantitative estimate of drug-likeness (QED) is 0.865. The standard InChI is InChI=1S/C19H24N4/c1-13-7-8-17-16(11-13)19(23-10-9-15(20)12-23)22-18(21-17)14-5-3-2-4-6-14/h2-3,7-8,11,14-15H,4-6,9-10,12,20H2,1H3/t14?,15-/m0/s1. The highest BCUT2D eigenvalue weighted by molar-refractivity contribution is 5.90. The van der Waals surface area contributed by atoms with Gasteiger partial charge in [-0.2, -0.15) is 0 Å². The number of fused-ring (bicyclic) bond motifs is 1. The first-order valence-electron chi connectivity index (χ1n) is 8.64. The fourth-order valence-electron chi connectivity index (χ4n) is 3.68. The average molecular weight is 308 g/mol. The molecule has 0 bridgehead atoms. The molecular weight excluding hydrogens is 284 g/mol. The van der Waals surface area contributed by atoms with E-state index < -0.39 is 0 Å². The van der Waals surface area contributed by atoms with Gasteiger partial charge in [0.25, 0.3) is 0 Å². The van der Waals surface area contributed by atoms with Crippen LogP contribution in [-0.2, 0) is 0 Å². The van der Waals surface area contributed by atoms with E-state index in [4.69, 9.17) is 15.7 Å². The van der Waals surface area contributed by atoms with E-state index in [1.54, 1.807) is 0 Å². The normalized spacial score (nSPS) is 24.5. The summed E-state index contributed by atoms with van der Waals surface area (Å²) in [5, 5.41) is 1.16. The van der Waals surface area contributed by atoms with Crippen LogP contribution in [0.5, 0.6) is 0 Å². The van der Waals surface area contributed by atoms with Crippen molar-refractivity contribution in [1.82, 2.24) is 9.97 Å². The number of aryl methyl sites for hydroxylation is 1. The molecular formula is C19H24N4. The fourth-order valence-corrected chi connectivity index (χ4v) is 3.68. The molecule has 1 saturated heterocycles. The number of benzene rings is 1. The molecule has 4 heteroatoms. The van der Waals surface area contributed by atoms with Crippen molar-refractivity contribution >= 4 is 16.7 Å². The summed E-state index contributed by atoms with van der Waals surface area (Å²) in [6, 6.07) is 6.73. The maximum absolute atomic E-state index is 6.12. The van der Waals surface area contributed by atoms with Gasteiger partial charge in [-0.1, -0.05) is 23.8 Å². The summed E-state index contributed by atoms with van der Waals surface area (Å²) < 4.78 is 0. The number of hydrogen-bond donors (Lipinski definition) is 1. The average Bonchev–Trinajstić information content (AvgIpc) is 3.01. The number of aromatic nitrogens is 2. The predicted molar refractivity (Wildman–Crippen MR) is 94.8 cm³/mol. The van der Waals surface area contributed by atoms with Crippen molar-refractivity contribution in [2.75, 3.05) is 18.0 Å². The second-order valence-electron chi connectivity index (χ2n) is 6.90. The molecule has 120 valence electrons. The van der Waals surface area contributed by atoms with Crippen molar-refractivity contribution in [1.29, 1.82) is 0 Å². The Labute approximate surface area is 137 Å². The van der Waals surface area contributed by atoms with E-state index in [0.29, 0.717) is 5.92 Å². The molecule has 1 aromatic heterocycles. The molecule has 0 amide bonds. The summed E-state index contributed by atoms with van der Waals surface area (Å²) in [5.41, 5.74) is 8.43. The van der Waals surface area contributed by atoms with Crippen molar-refractivity contribution in [2.45, 2.75) is 44.6 Å². The minimum absolute atomic E-state index is 0.255. The summed E-state index contributed by atoms with van der Waals surface area (Å²) >= 11 is 0. The van der Waals surface area contributed by atoms with Crippen LogP contribution in [0.2, 0.25) is 0 Å². The van der Waals surface area contributed by atoms with Crippen molar-refractivity contribution in [2.24, 2.45) is 5.73 Å². The Morgan fingerprint density at radius 1 is 1.17 bits per heavy atom. The van der Waals surface area contributed by atoms with E-state index >= 15 is 0 Å².